The third-order valence-corrected chi connectivity index (χ3v) is 6.24. The second-order valence-corrected chi connectivity index (χ2v) is 8.17. The van der Waals surface area contributed by atoms with Gasteiger partial charge in [0.15, 0.2) is 6.61 Å². The molecule has 0 aliphatic rings. The molecule has 30 heavy (non-hydrogen) atoms. The molecule has 0 spiro atoms. The molecule has 0 radical (unpaired) electrons. The average Bonchev–Trinajstić information content (AvgIpc) is 3.19. The maximum absolute atomic E-state index is 12.7. The first kappa shape index (κ1) is 20.0. The molecule has 0 saturated heterocycles. The number of hydrogen-bond donors (Lipinski definition) is 0. The number of carbonyl (C=O) groups is 2. The van der Waals surface area contributed by atoms with Gasteiger partial charge in [-0.3, -0.25) is 9.78 Å². The van der Waals surface area contributed by atoms with E-state index in [0.29, 0.717) is 16.6 Å². The molecular formula is C23H21N3O3S. The normalized spacial score (nSPS) is 12.1. The van der Waals surface area contributed by atoms with Gasteiger partial charge < -0.3 is 9.64 Å². The fourth-order valence-electron chi connectivity index (χ4n) is 3.23. The lowest BCUT2D eigenvalue weighted by Gasteiger charge is -2.23. The van der Waals surface area contributed by atoms with Gasteiger partial charge in [-0.15, -0.1) is 11.3 Å². The minimum Gasteiger partial charge on any atom is -0.452 e. The number of likely N-dealkylation sites (N-methyl/N-ethyl adjacent to an activating group) is 1. The van der Waals surface area contributed by atoms with Crippen LogP contribution in [-0.4, -0.2) is 40.4 Å². The Labute approximate surface area is 178 Å². The third kappa shape index (κ3) is 3.89. The Hall–Kier alpha value is -3.32. The summed E-state index contributed by atoms with van der Waals surface area (Å²) in [5, 5.41) is 1.55. The van der Waals surface area contributed by atoms with E-state index in [0.717, 1.165) is 20.7 Å². The Balaban J connectivity index is 1.45. The van der Waals surface area contributed by atoms with Gasteiger partial charge >= 0.3 is 5.97 Å². The molecule has 0 unspecified atom stereocenters. The lowest BCUT2D eigenvalue weighted by molar-refractivity contribution is -0.135. The number of esters is 1. The molecule has 2 heterocycles. The van der Waals surface area contributed by atoms with E-state index in [1.54, 1.807) is 29.4 Å². The highest BCUT2D eigenvalue weighted by molar-refractivity contribution is 7.18. The summed E-state index contributed by atoms with van der Waals surface area (Å²) in [5.74, 6) is -0.823. The number of ether oxygens (including phenoxy) is 1. The van der Waals surface area contributed by atoms with Crippen LogP contribution >= 0.6 is 11.3 Å². The van der Waals surface area contributed by atoms with Crippen LogP contribution < -0.4 is 0 Å². The summed E-state index contributed by atoms with van der Waals surface area (Å²) in [5.41, 5.74) is 2.76. The second kappa shape index (κ2) is 8.20. The van der Waals surface area contributed by atoms with Crippen molar-refractivity contribution in [1.82, 2.24) is 14.9 Å². The highest BCUT2D eigenvalue weighted by Crippen LogP contribution is 2.29. The van der Waals surface area contributed by atoms with Crippen molar-refractivity contribution in [1.29, 1.82) is 0 Å². The summed E-state index contributed by atoms with van der Waals surface area (Å²) in [7, 11) is 1.69. The van der Waals surface area contributed by atoms with Crippen molar-refractivity contribution in [3.05, 3.63) is 70.9 Å². The Morgan fingerprint density at radius 3 is 2.53 bits per heavy atom. The number of benzene rings is 2. The van der Waals surface area contributed by atoms with Crippen LogP contribution in [0.5, 0.6) is 0 Å². The zero-order chi connectivity index (χ0) is 21.3. The maximum atomic E-state index is 12.7. The van der Waals surface area contributed by atoms with Crippen molar-refractivity contribution in [2.24, 2.45) is 0 Å². The molecule has 152 valence electrons. The number of pyridine rings is 1. The molecule has 7 heteroatoms. The molecule has 0 aliphatic heterocycles. The molecule has 4 rings (SSSR count). The van der Waals surface area contributed by atoms with Crippen LogP contribution in [0, 0.1) is 6.92 Å². The predicted molar refractivity (Wildman–Crippen MR) is 118 cm³/mol. The smallest absolute Gasteiger partial charge is 0.339 e. The SMILES string of the molecule is Cc1cc(C(=O)OCC(=O)N(C)[C@H](C)c2nc3ccccc3s2)c2ccccc2n1. The lowest BCUT2D eigenvalue weighted by atomic mass is 10.1. The summed E-state index contributed by atoms with van der Waals surface area (Å²) >= 11 is 1.56. The standard InChI is InChI=1S/C23H21N3O3S/c1-14-12-17(16-8-4-5-9-18(16)24-14)23(28)29-13-21(27)26(3)15(2)22-25-19-10-6-7-11-20(19)30-22/h4-12,15H,13H2,1-3H3/t15-/m1/s1. The highest BCUT2D eigenvalue weighted by Gasteiger charge is 2.22. The number of fused-ring (bicyclic) bond motifs is 2. The number of thiazole rings is 1. The molecule has 0 aliphatic carbocycles. The van der Waals surface area contributed by atoms with Gasteiger partial charge in [-0.05, 0) is 38.1 Å². The average molecular weight is 420 g/mol. The Kier molecular flexibility index (Phi) is 5.46. The van der Waals surface area contributed by atoms with E-state index in [1.165, 1.54) is 0 Å². The fourth-order valence-corrected chi connectivity index (χ4v) is 4.30. The van der Waals surface area contributed by atoms with E-state index in [9.17, 15) is 9.59 Å². The first-order chi connectivity index (χ1) is 14.4. The Bertz CT molecular complexity index is 1220. The molecule has 0 fully saturated rings. The van der Waals surface area contributed by atoms with Gasteiger partial charge in [-0.25, -0.2) is 9.78 Å². The van der Waals surface area contributed by atoms with Crippen LogP contribution in [0.3, 0.4) is 0 Å². The van der Waals surface area contributed by atoms with Gasteiger partial charge in [0, 0.05) is 18.1 Å². The van der Waals surface area contributed by atoms with Gasteiger partial charge in [0.05, 0.1) is 27.3 Å². The Morgan fingerprint density at radius 2 is 1.77 bits per heavy atom. The molecule has 1 atom stereocenters. The molecule has 1 amide bonds. The van der Waals surface area contributed by atoms with Crippen LogP contribution in [0.2, 0.25) is 0 Å². The number of hydrogen-bond acceptors (Lipinski definition) is 6. The molecule has 0 saturated carbocycles. The van der Waals surface area contributed by atoms with Crippen LogP contribution in [-0.2, 0) is 9.53 Å². The number of carbonyl (C=O) groups excluding carboxylic acids is 2. The zero-order valence-corrected chi connectivity index (χ0v) is 17.8. The molecule has 4 aromatic rings. The number of para-hydroxylation sites is 2. The van der Waals surface area contributed by atoms with Crippen molar-refractivity contribution in [2.45, 2.75) is 19.9 Å². The summed E-state index contributed by atoms with van der Waals surface area (Å²) < 4.78 is 6.42. The summed E-state index contributed by atoms with van der Waals surface area (Å²) in [4.78, 5) is 35.9. The van der Waals surface area contributed by atoms with Crippen LogP contribution in [0.15, 0.2) is 54.6 Å². The first-order valence-electron chi connectivity index (χ1n) is 9.58. The molecule has 0 bridgehead atoms. The van der Waals surface area contributed by atoms with Crippen LogP contribution in [0.4, 0.5) is 0 Å². The minimum absolute atomic E-state index is 0.224. The number of rotatable bonds is 5. The van der Waals surface area contributed by atoms with Crippen molar-refractivity contribution in [2.75, 3.05) is 13.7 Å². The summed E-state index contributed by atoms with van der Waals surface area (Å²) in [6, 6.07) is 16.7. The summed E-state index contributed by atoms with van der Waals surface area (Å²) in [6.45, 7) is 3.40. The van der Waals surface area contributed by atoms with Crippen molar-refractivity contribution >= 4 is 44.3 Å². The monoisotopic (exact) mass is 419 g/mol. The van der Waals surface area contributed by atoms with Gasteiger partial charge in [-0.1, -0.05) is 30.3 Å². The number of aromatic nitrogens is 2. The van der Waals surface area contributed by atoms with Gasteiger partial charge in [0.2, 0.25) is 0 Å². The van der Waals surface area contributed by atoms with Crippen LogP contribution in [0.25, 0.3) is 21.1 Å². The quantitative estimate of drug-likeness (QED) is 0.445. The van der Waals surface area contributed by atoms with Gasteiger partial charge in [-0.2, -0.15) is 0 Å². The molecule has 2 aromatic carbocycles. The fraction of sp³-hybridized carbons (Fsp3) is 0.217. The topological polar surface area (TPSA) is 72.4 Å². The predicted octanol–water partition coefficient (Wildman–Crippen LogP) is 4.53. The van der Waals surface area contributed by atoms with Crippen molar-refractivity contribution in [3.63, 3.8) is 0 Å². The van der Waals surface area contributed by atoms with Crippen molar-refractivity contribution < 1.29 is 14.3 Å². The van der Waals surface area contributed by atoms with E-state index in [2.05, 4.69) is 9.97 Å². The largest absolute Gasteiger partial charge is 0.452 e. The third-order valence-electron chi connectivity index (χ3n) is 5.03. The molecule has 0 N–H and O–H groups in total. The van der Waals surface area contributed by atoms with Crippen LogP contribution in [0.1, 0.15) is 34.0 Å². The van der Waals surface area contributed by atoms with Crippen molar-refractivity contribution in [3.8, 4) is 0 Å². The van der Waals surface area contributed by atoms with E-state index in [4.69, 9.17) is 4.74 Å². The Morgan fingerprint density at radius 1 is 1.07 bits per heavy atom. The maximum Gasteiger partial charge on any atom is 0.339 e. The minimum atomic E-state index is -0.536. The number of nitrogens with zero attached hydrogens (tertiary/aromatic N) is 3. The van der Waals surface area contributed by atoms with E-state index in [-0.39, 0.29) is 18.6 Å². The first-order valence-corrected chi connectivity index (χ1v) is 10.4. The van der Waals surface area contributed by atoms with Gasteiger partial charge in [0.25, 0.3) is 5.91 Å². The van der Waals surface area contributed by atoms with E-state index < -0.39 is 5.97 Å². The van der Waals surface area contributed by atoms with Gasteiger partial charge in [0.1, 0.15) is 5.01 Å². The zero-order valence-electron chi connectivity index (χ0n) is 17.0. The summed E-state index contributed by atoms with van der Waals surface area (Å²) in [6.07, 6.45) is 0. The highest BCUT2D eigenvalue weighted by atomic mass is 32.1. The second-order valence-electron chi connectivity index (χ2n) is 7.10. The van der Waals surface area contributed by atoms with E-state index >= 15 is 0 Å². The lowest BCUT2D eigenvalue weighted by Crippen LogP contribution is -2.33. The molecular weight excluding hydrogens is 398 g/mol. The van der Waals surface area contributed by atoms with E-state index in [1.807, 2.05) is 62.4 Å². The molecule has 2 aromatic heterocycles. The number of amides is 1. The molecule has 6 nitrogen and oxygen atoms in total. The number of aryl methyl sites for hydroxylation is 1.